The normalized spacial score (nSPS) is 17.6. The van der Waals surface area contributed by atoms with Crippen molar-refractivity contribution in [3.63, 3.8) is 0 Å². The Hall–Kier alpha value is -2.96. The van der Waals surface area contributed by atoms with Gasteiger partial charge < -0.3 is 4.90 Å². The molecule has 1 unspecified atom stereocenters. The molecule has 1 atom stereocenters. The van der Waals surface area contributed by atoms with Gasteiger partial charge in [0.1, 0.15) is 11.5 Å². The Balaban J connectivity index is 1.57. The van der Waals surface area contributed by atoms with Crippen LogP contribution in [0.2, 0.25) is 0 Å². The van der Waals surface area contributed by atoms with Crippen molar-refractivity contribution in [3.8, 4) is 5.69 Å². The summed E-state index contributed by atoms with van der Waals surface area (Å²) < 4.78 is 16.8. The monoisotopic (exact) mass is 339 g/mol. The number of amides is 1. The van der Waals surface area contributed by atoms with Crippen LogP contribution < -0.4 is 0 Å². The van der Waals surface area contributed by atoms with Gasteiger partial charge in [0.05, 0.1) is 18.6 Å². The molecule has 0 bridgehead atoms. The highest BCUT2D eigenvalue weighted by atomic mass is 19.1. The summed E-state index contributed by atoms with van der Waals surface area (Å²) in [4.78, 5) is 18.9. The average molecular weight is 339 g/mol. The van der Waals surface area contributed by atoms with Gasteiger partial charge in [-0.05, 0) is 43.2 Å². The van der Waals surface area contributed by atoms with Crippen molar-refractivity contribution in [1.82, 2.24) is 24.2 Å². The summed E-state index contributed by atoms with van der Waals surface area (Å²) >= 11 is 0. The summed E-state index contributed by atoms with van der Waals surface area (Å²) in [6.45, 7) is 1.33. The molecule has 1 aliphatic rings. The quantitative estimate of drug-likeness (QED) is 0.737. The second kappa shape index (κ2) is 6.51. The van der Waals surface area contributed by atoms with Crippen LogP contribution in [-0.4, -0.2) is 43.2 Å². The highest BCUT2D eigenvalue weighted by Crippen LogP contribution is 2.23. The number of aromatic nitrogens is 4. The van der Waals surface area contributed by atoms with E-state index in [0.717, 1.165) is 12.8 Å². The van der Waals surface area contributed by atoms with E-state index in [1.165, 1.54) is 12.1 Å². The van der Waals surface area contributed by atoms with Crippen molar-refractivity contribution < 1.29 is 9.18 Å². The number of halogens is 1. The Morgan fingerprint density at radius 3 is 2.84 bits per heavy atom. The Morgan fingerprint density at radius 1 is 1.24 bits per heavy atom. The number of piperidine rings is 1. The second-order valence-corrected chi connectivity index (χ2v) is 6.16. The van der Waals surface area contributed by atoms with Crippen LogP contribution in [0.3, 0.4) is 0 Å². The molecule has 7 heteroatoms. The topological polar surface area (TPSA) is 56.0 Å². The van der Waals surface area contributed by atoms with Crippen LogP contribution in [0.15, 0.2) is 55.2 Å². The number of nitrogens with zero attached hydrogens (tertiary/aromatic N) is 5. The van der Waals surface area contributed by atoms with Gasteiger partial charge in [-0.2, -0.15) is 5.10 Å². The van der Waals surface area contributed by atoms with Crippen LogP contribution in [0.25, 0.3) is 5.69 Å². The van der Waals surface area contributed by atoms with Crippen LogP contribution in [0.1, 0.15) is 29.4 Å². The molecule has 0 N–H and O–H groups in total. The van der Waals surface area contributed by atoms with E-state index in [9.17, 15) is 9.18 Å². The third-order valence-electron chi connectivity index (χ3n) is 4.55. The van der Waals surface area contributed by atoms with Crippen LogP contribution in [0, 0.1) is 5.82 Å². The highest BCUT2D eigenvalue weighted by molar-refractivity contribution is 5.93. The zero-order valence-electron chi connectivity index (χ0n) is 13.6. The number of imidazole rings is 1. The van der Waals surface area contributed by atoms with E-state index in [-0.39, 0.29) is 17.8 Å². The van der Waals surface area contributed by atoms with Gasteiger partial charge in [0.25, 0.3) is 5.91 Å². The van der Waals surface area contributed by atoms with Gasteiger partial charge in [0.2, 0.25) is 0 Å². The van der Waals surface area contributed by atoms with Crippen LogP contribution in [0.4, 0.5) is 4.39 Å². The van der Waals surface area contributed by atoms with E-state index in [0.29, 0.717) is 24.5 Å². The molecule has 0 aliphatic carbocycles. The molecule has 0 radical (unpaired) electrons. The van der Waals surface area contributed by atoms with Crippen LogP contribution >= 0.6 is 0 Å². The van der Waals surface area contributed by atoms with E-state index >= 15 is 0 Å². The summed E-state index contributed by atoms with van der Waals surface area (Å²) in [5.41, 5.74) is 1.19. The molecule has 3 heterocycles. The molecule has 2 aromatic heterocycles. The van der Waals surface area contributed by atoms with E-state index < -0.39 is 0 Å². The smallest absolute Gasteiger partial charge is 0.272 e. The number of hydrogen-bond acceptors (Lipinski definition) is 3. The summed E-state index contributed by atoms with van der Waals surface area (Å²) in [6, 6.07) is 8.10. The number of carbonyl (C=O) groups is 1. The average Bonchev–Trinajstić information content (AvgIpc) is 3.34. The lowest BCUT2D eigenvalue weighted by molar-refractivity contribution is 0.0665. The molecule has 1 saturated heterocycles. The van der Waals surface area contributed by atoms with E-state index in [1.807, 2.05) is 21.8 Å². The number of hydrogen-bond donors (Lipinski definition) is 0. The summed E-state index contributed by atoms with van der Waals surface area (Å²) in [7, 11) is 0. The molecule has 4 rings (SSSR count). The van der Waals surface area contributed by atoms with Gasteiger partial charge >= 0.3 is 0 Å². The third kappa shape index (κ3) is 3.05. The van der Waals surface area contributed by atoms with Crippen molar-refractivity contribution >= 4 is 5.91 Å². The number of rotatable bonds is 3. The summed E-state index contributed by atoms with van der Waals surface area (Å²) in [5.74, 6) is -0.381. The third-order valence-corrected chi connectivity index (χ3v) is 4.55. The van der Waals surface area contributed by atoms with Gasteiger partial charge in [-0.1, -0.05) is 0 Å². The van der Waals surface area contributed by atoms with E-state index in [1.54, 1.807) is 35.4 Å². The van der Waals surface area contributed by atoms with Gasteiger partial charge in [0, 0.05) is 31.2 Å². The summed E-state index contributed by atoms with van der Waals surface area (Å²) in [5, 5.41) is 4.30. The molecule has 1 aliphatic heterocycles. The van der Waals surface area contributed by atoms with E-state index in [2.05, 4.69) is 10.1 Å². The van der Waals surface area contributed by atoms with Gasteiger partial charge in [-0.25, -0.2) is 9.37 Å². The Morgan fingerprint density at radius 2 is 2.08 bits per heavy atom. The zero-order chi connectivity index (χ0) is 17.2. The first kappa shape index (κ1) is 15.6. The minimum absolute atomic E-state index is 0.0707. The lowest BCUT2D eigenvalue weighted by Crippen LogP contribution is -2.41. The Labute approximate surface area is 144 Å². The van der Waals surface area contributed by atoms with Gasteiger partial charge in [0.15, 0.2) is 0 Å². The van der Waals surface area contributed by atoms with Crippen molar-refractivity contribution in [3.05, 3.63) is 66.8 Å². The maximum Gasteiger partial charge on any atom is 0.272 e. The number of benzene rings is 1. The Kier molecular flexibility index (Phi) is 4.05. The van der Waals surface area contributed by atoms with Crippen LogP contribution in [-0.2, 0) is 0 Å². The molecular weight excluding hydrogens is 321 g/mol. The first-order chi connectivity index (χ1) is 12.2. The molecule has 3 aromatic rings. The number of carbonyl (C=O) groups excluding carboxylic acids is 1. The molecule has 1 amide bonds. The largest absolute Gasteiger partial charge is 0.335 e. The predicted octanol–water partition coefficient (Wildman–Crippen LogP) is 2.69. The van der Waals surface area contributed by atoms with Gasteiger partial charge in [-0.3, -0.25) is 14.0 Å². The molecule has 128 valence electrons. The molecule has 1 fully saturated rings. The lowest BCUT2D eigenvalue weighted by Gasteiger charge is -2.33. The second-order valence-electron chi connectivity index (χ2n) is 6.16. The van der Waals surface area contributed by atoms with Crippen molar-refractivity contribution in [2.24, 2.45) is 0 Å². The Bertz CT molecular complexity index is 856. The van der Waals surface area contributed by atoms with Crippen molar-refractivity contribution in [2.75, 3.05) is 13.1 Å². The fourth-order valence-electron chi connectivity index (χ4n) is 3.27. The molecule has 0 saturated carbocycles. The maximum absolute atomic E-state index is 13.1. The lowest BCUT2D eigenvalue weighted by atomic mass is 10.1. The maximum atomic E-state index is 13.1. The van der Waals surface area contributed by atoms with Crippen molar-refractivity contribution in [1.29, 1.82) is 0 Å². The molecule has 6 nitrogen and oxygen atoms in total. The van der Waals surface area contributed by atoms with E-state index in [4.69, 9.17) is 0 Å². The van der Waals surface area contributed by atoms with Crippen molar-refractivity contribution in [2.45, 2.75) is 18.9 Å². The molecule has 1 aromatic carbocycles. The number of likely N-dealkylation sites (tertiary alicyclic amines) is 1. The fourth-order valence-corrected chi connectivity index (χ4v) is 3.27. The minimum Gasteiger partial charge on any atom is -0.335 e. The minimum atomic E-state index is -0.310. The summed E-state index contributed by atoms with van der Waals surface area (Å²) in [6.07, 6.45) is 8.76. The SMILES string of the molecule is O=C(c1cncn1-c1ccc(F)cc1)N1CCCC(n2cccn2)C1. The predicted molar refractivity (Wildman–Crippen MR) is 89.9 cm³/mol. The molecule has 0 spiro atoms. The standard InChI is InChI=1S/C18H18FN5O/c19-14-4-6-15(7-5-14)23-13-20-11-17(23)18(25)22-9-1-3-16(12-22)24-10-2-8-21-24/h2,4-8,10-11,13,16H,1,3,9,12H2. The van der Waals surface area contributed by atoms with Crippen LogP contribution in [0.5, 0.6) is 0 Å². The fraction of sp³-hybridized carbons (Fsp3) is 0.278. The first-order valence-corrected chi connectivity index (χ1v) is 8.29. The molecular formula is C18H18FN5O. The zero-order valence-corrected chi connectivity index (χ0v) is 13.6. The highest BCUT2D eigenvalue weighted by Gasteiger charge is 2.27. The first-order valence-electron chi connectivity index (χ1n) is 8.29. The molecule has 25 heavy (non-hydrogen) atoms. The van der Waals surface area contributed by atoms with Gasteiger partial charge in [-0.15, -0.1) is 0 Å².